The normalized spacial score (nSPS) is 24.9. The van der Waals surface area contributed by atoms with Gasteiger partial charge in [-0.15, -0.1) is 0 Å². The number of carbonyl (C=O) groups is 1. The summed E-state index contributed by atoms with van der Waals surface area (Å²) in [6.07, 6.45) is -5.12. The third-order valence-corrected chi connectivity index (χ3v) is 3.06. The van der Waals surface area contributed by atoms with Crippen molar-refractivity contribution in [2.75, 3.05) is 18.5 Å². The summed E-state index contributed by atoms with van der Waals surface area (Å²) in [5.41, 5.74) is -4.26. The fourth-order valence-electron chi connectivity index (χ4n) is 2.11. The molecule has 2 N–H and O–H groups in total. The van der Waals surface area contributed by atoms with Crippen LogP contribution >= 0.6 is 0 Å². The molecular weight excluding hydrogens is 267 g/mol. The first-order valence-electron chi connectivity index (χ1n) is 5.38. The van der Waals surface area contributed by atoms with E-state index in [1.165, 1.54) is 6.07 Å². The monoisotopic (exact) mass is 275 g/mol. The van der Waals surface area contributed by atoms with Crippen molar-refractivity contribution in [1.29, 1.82) is 0 Å². The number of fused-ring (bicyclic) bond motifs is 2. The molecule has 2 aliphatic heterocycles. The maximum absolute atomic E-state index is 12.9. The first-order valence-corrected chi connectivity index (χ1v) is 5.38. The Labute approximate surface area is 104 Å². The largest absolute Gasteiger partial charge is 0.486 e. The summed E-state index contributed by atoms with van der Waals surface area (Å²) < 4.78 is 49.1. The molecule has 3 rings (SSSR count). The van der Waals surface area contributed by atoms with E-state index < -0.39 is 23.2 Å². The van der Waals surface area contributed by atoms with Crippen molar-refractivity contribution in [3.05, 3.63) is 17.7 Å². The van der Waals surface area contributed by atoms with Gasteiger partial charge in [0.2, 0.25) is 0 Å². The number of hydrogen-bond acceptors (Lipinski definition) is 4. The van der Waals surface area contributed by atoms with Gasteiger partial charge in [0.05, 0.1) is 5.69 Å². The van der Waals surface area contributed by atoms with Crippen LogP contribution in [0.2, 0.25) is 0 Å². The van der Waals surface area contributed by atoms with Crippen LogP contribution in [0.5, 0.6) is 11.5 Å². The van der Waals surface area contributed by atoms with E-state index in [1.54, 1.807) is 0 Å². The summed E-state index contributed by atoms with van der Waals surface area (Å²) in [7, 11) is 0. The number of amides is 1. The standard InChI is InChI=1S/C11H8F3NO4/c12-11(13,14)10(17)5-3-7-8(19-2-1-18-7)4-6(5)15-9(10)16/h3-4,17H,1-2H2,(H,15,16). The van der Waals surface area contributed by atoms with E-state index in [4.69, 9.17) is 9.47 Å². The third kappa shape index (κ3) is 1.49. The topological polar surface area (TPSA) is 67.8 Å². The minimum atomic E-state index is -5.12. The summed E-state index contributed by atoms with van der Waals surface area (Å²) >= 11 is 0. The van der Waals surface area contributed by atoms with Crippen LogP contribution in [0, 0.1) is 0 Å². The molecule has 1 aromatic rings. The molecule has 0 saturated carbocycles. The van der Waals surface area contributed by atoms with Gasteiger partial charge < -0.3 is 19.9 Å². The second-order valence-electron chi connectivity index (χ2n) is 4.20. The van der Waals surface area contributed by atoms with Crippen molar-refractivity contribution in [2.24, 2.45) is 0 Å². The molecule has 8 heteroatoms. The Kier molecular flexibility index (Phi) is 2.25. The molecule has 0 fully saturated rings. The van der Waals surface area contributed by atoms with E-state index in [2.05, 4.69) is 0 Å². The van der Waals surface area contributed by atoms with Gasteiger partial charge in [0.1, 0.15) is 13.2 Å². The Hall–Kier alpha value is -1.96. The Balaban J connectivity index is 2.19. The highest BCUT2D eigenvalue weighted by Gasteiger charge is 2.64. The van der Waals surface area contributed by atoms with Gasteiger partial charge in [0, 0.05) is 11.6 Å². The molecule has 2 aliphatic rings. The fourth-order valence-corrected chi connectivity index (χ4v) is 2.11. The zero-order valence-corrected chi connectivity index (χ0v) is 9.37. The zero-order chi connectivity index (χ0) is 13.8. The molecule has 102 valence electrons. The number of alkyl halides is 3. The van der Waals surface area contributed by atoms with E-state index in [-0.39, 0.29) is 30.4 Å². The minimum absolute atomic E-state index is 0.0733. The summed E-state index contributed by atoms with van der Waals surface area (Å²) in [5, 5.41) is 11.7. The van der Waals surface area contributed by atoms with E-state index in [0.717, 1.165) is 6.07 Å². The van der Waals surface area contributed by atoms with Gasteiger partial charge in [-0.25, -0.2) is 0 Å². The Bertz CT molecular complexity index is 572. The molecule has 19 heavy (non-hydrogen) atoms. The first kappa shape index (κ1) is 12.1. The molecule has 2 heterocycles. The number of anilines is 1. The van der Waals surface area contributed by atoms with Gasteiger partial charge in [-0.1, -0.05) is 0 Å². The molecule has 1 unspecified atom stereocenters. The molecular formula is C11H8F3NO4. The first-order chi connectivity index (χ1) is 8.84. The number of halogens is 3. The van der Waals surface area contributed by atoms with Crippen LogP contribution in [0.4, 0.5) is 18.9 Å². The van der Waals surface area contributed by atoms with Crippen LogP contribution in [-0.2, 0) is 10.4 Å². The summed E-state index contributed by atoms with van der Waals surface area (Å²) in [5.74, 6) is -1.22. The average Bonchev–Trinajstić information content (AvgIpc) is 2.59. The second kappa shape index (κ2) is 3.53. The Morgan fingerprint density at radius 1 is 1.21 bits per heavy atom. The molecule has 0 spiro atoms. The predicted octanol–water partition coefficient (Wildman–Crippen LogP) is 1.16. The van der Waals surface area contributed by atoms with Crippen LogP contribution in [0.25, 0.3) is 0 Å². The van der Waals surface area contributed by atoms with Crippen LogP contribution in [0.15, 0.2) is 12.1 Å². The van der Waals surface area contributed by atoms with Gasteiger partial charge in [-0.05, 0) is 6.07 Å². The Morgan fingerprint density at radius 2 is 1.79 bits per heavy atom. The van der Waals surface area contributed by atoms with Crippen molar-refractivity contribution in [3.8, 4) is 11.5 Å². The smallest absolute Gasteiger partial charge is 0.430 e. The molecule has 0 bridgehead atoms. The third-order valence-electron chi connectivity index (χ3n) is 3.06. The molecule has 5 nitrogen and oxygen atoms in total. The van der Waals surface area contributed by atoms with Gasteiger partial charge in [-0.3, -0.25) is 4.79 Å². The second-order valence-corrected chi connectivity index (χ2v) is 4.20. The highest BCUT2D eigenvalue weighted by Crippen LogP contribution is 2.50. The highest BCUT2D eigenvalue weighted by molar-refractivity contribution is 6.06. The van der Waals surface area contributed by atoms with Crippen LogP contribution in [-0.4, -0.2) is 30.4 Å². The van der Waals surface area contributed by atoms with Gasteiger partial charge in [-0.2, -0.15) is 13.2 Å². The molecule has 1 aromatic carbocycles. The summed E-state index contributed by atoms with van der Waals surface area (Å²) in [6.45, 7) is 0.459. The van der Waals surface area contributed by atoms with Crippen molar-refractivity contribution in [1.82, 2.24) is 0 Å². The molecule has 0 aliphatic carbocycles. The molecule has 0 aromatic heterocycles. The van der Waals surface area contributed by atoms with Gasteiger partial charge in [0.25, 0.3) is 11.5 Å². The number of hydrogen-bond donors (Lipinski definition) is 2. The summed E-state index contributed by atoms with van der Waals surface area (Å²) in [6, 6.07) is 2.20. The van der Waals surface area contributed by atoms with Crippen molar-refractivity contribution >= 4 is 11.6 Å². The molecule has 1 atom stereocenters. The summed E-state index contributed by atoms with van der Waals surface area (Å²) in [4.78, 5) is 11.5. The van der Waals surface area contributed by atoms with E-state index in [1.807, 2.05) is 5.32 Å². The van der Waals surface area contributed by atoms with Crippen molar-refractivity contribution in [3.63, 3.8) is 0 Å². The van der Waals surface area contributed by atoms with Crippen molar-refractivity contribution in [2.45, 2.75) is 11.8 Å². The van der Waals surface area contributed by atoms with E-state index in [9.17, 15) is 23.1 Å². The SMILES string of the molecule is O=C1Nc2cc3c(cc2C1(O)C(F)(F)F)OCCO3. The number of ether oxygens (including phenoxy) is 2. The molecule has 1 amide bonds. The van der Waals surface area contributed by atoms with Gasteiger partial charge in [0.15, 0.2) is 11.5 Å². The minimum Gasteiger partial charge on any atom is -0.486 e. The zero-order valence-electron chi connectivity index (χ0n) is 9.37. The van der Waals surface area contributed by atoms with E-state index >= 15 is 0 Å². The molecule has 0 radical (unpaired) electrons. The average molecular weight is 275 g/mol. The van der Waals surface area contributed by atoms with Crippen LogP contribution < -0.4 is 14.8 Å². The number of nitrogens with one attached hydrogen (secondary N) is 1. The maximum Gasteiger partial charge on any atom is 0.430 e. The number of carbonyl (C=O) groups excluding carboxylic acids is 1. The quantitative estimate of drug-likeness (QED) is 0.745. The maximum atomic E-state index is 12.9. The lowest BCUT2D eigenvalue weighted by molar-refractivity contribution is -0.252. The lowest BCUT2D eigenvalue weighted by atomic mass is 9.94. The number of rotatable bonds is 0. The van der Waals surface area contributed by atoms with Crippen molar-refractivity contribution < 1.29 is 32.5 Å². The van der Waals surface area contributed by atoms with E-state index in [0.29, 0.717) is 0 Å². The van der Waals surface area contributed by atoms with Gasteiger partial charge >= 0.3 is 6.18 Å². The van der Waals surface area contributed by atoms with Crippen LogP contribution in [0.1, 0.15) is 5.56 Å². The number of aliphatic hydroxyl groups is 1. The lowest BCUT2D eigenvalue weighted by Gasteiger charge is -2.25. The predicted molar refractivity (Wildman–Crippen MR) is 56.0 cm³/mol. The fraction of sp³-hybridized carbons (Fsp3) is 0.364. The lowest BCUT2D eigenvalue weighted by Crippen LogP contribution is -2.47. The van der Waals surface area contributed by atoms with Crippen LogP contribution in [0.3, 0.4) is 0 Å². The highest BCUT2D eigenvalue weighted by atomic mass is 19.4. The molecule has 0 saturated heterocycles. The number of benzene rings is 1. The Morgan fingerprint density at radius 3 is 2.37 bits per heavy atom.